The summed E-state index contributed by atoms with van der Waals surface area (Å²) < 4.78 is 7.35. The van der Waals surface area contributed by atoms with E-state index in [-0.39, 0.29) is 0 Å². The van der Waals surface area contributed by atoms with Gasteiger partial charge in [0.1, 0.15) is 0 Å². The van der Waals surface area contributed by atoms with Crippen LogP contribution in [0.25, 0.3) is 68.9 Å². The zero-order chi connectivity index (χ0) is 30.5. The smallest absolute Gasteiger partial charge is 0.0543 e. The molecule has 7 aromatic heterocycles. The van der Waals surface area contributed by atoms with E-state index < -0.39 is 0 Å². The lowest BCUT2D eigenvalue weighted by molar-refractivity contribution is 0.804. The molecule has 0 nitrogen and oxygen atoms in total. The van der Waals surface area contributed by atoms with Crippen LogP contribution in [0.5, 0.6) is 0 Å². The third kappa shape index (κ3) is 5.71. The van der Waals surface area contributed by atoms with Gasteiger partial charge in [-0.25, -0.2) is 0 Å². The van der Waals surface area contributed by atoms with Crippen molar-refractivity contribution in [1.82, 2.24) is 0 Å². The Hall–Kier alpha value is -1.84. The first kappa shape index (κ1) is 30.5. The first-order chi connectivity index (χ1) is 22.1. The van der Waals surface area contributed by atoms with Gasteiger partial charge in [0.15, 0.2) is 0 Å². The monoisotopic (exact) mass is 716 g/mol. The van der Waals surface area contributed by atoms with Crippen LogP contribution in [0, 0.1) is 0 Å². The van der Waals surface area contributed by atoms with Crippen LogP contribution in [-0.2, 0) is 19.3 Å². The van der Waals surface area contributed by atoms with Crippen LogP contribution < -0.4 is 0 Å². The van der Waals surface area contributed by atoms with E-state index in [0.717, 1.165) is 0 Å². The first-order valence-electron chi connectivity index (χ1n) is 16.3. The molecule has 0 fully saturated rings. The Balaban J connectivity index is 1.30. The highest BCUT2D eigenvalue weighted by Gasteiger charge is 2.22. The van der Waals surface area contributed by atoms with Gasteiger partial charge >= 0.3 is 0 Å². The van der Waals surface area contributed by atoms with E-state index in [0.29, 0.717) is 0 Å². The molecule has 230 valence electrons. The molecule has 0 aliphatic rings. The fourth-order valence-electron chi connectivity index (χ4n) is 6.15. The number of aryl methyl sites for hydroxylation is 3. The van der Waals surface area contributed by atoms with Gasteiger partial charge in [-0.2, -0.15) is 0 Å². The molecule has 8 rings (SSSR count). The lowest BCUT2D eigenvalue weighted by Gasteiger charge is -1.98. The van der Waals surface area contributed by atoms with E-state index in [2.05, 4.69) is 75.4 Å². The molecule has 1 aromatic carbocycles. The van der Waals surface area contributed by atoms with Gasteiger partial charge in [0.05, 0.1) is 14.1 Å². The number of hydrogen-bond acceptors (Lipinski definition) is 7. The van der Waals surface area contributed by atoms with Gasteiger partial charge in [-0.05, 0) is 93.1 Å². The van der Waals surface area contributed by atoms with Gasteiger partial charge in [0, 0.05) is 69.5 Å². The molecular formula is C38H36S7. The standard InChI is InChI=1S/C38H36S7/c1-4-7-10-22-13-16-27(39-22)30-19-25-34-35(45-33-21-32(44-38(33)34)29-18-15-24(41-29)12-9-6-3)26-20-31(43-37(26)36(25)42-30)28-17-14-23(40-28)11-8-5-2/h13-21H,4-12H2,1-3H3. The van der Waals surface area contributed by atoms with E-state index >= 15 is 0 Å². The van der Waals surface area contributed by atoms with Crippen molar-refractivity contribution in [1.29, 1.82) is 0 Å². The molecule has 0 saturated heterocycles. The van der Waals surface area contributed by atoms with E-state index in [1.165, 1.54) is 141 Å². The number of hydrogen-bond donors (Lipinski definition) is 0. The summed E-state index contributed by atoms with van der Waals surface area (Å²) >= 11 is 14.1. The summed E-state index contributed by atoms with van der Waals surface area (Å²) in [7, 11) is 0. The lowest BCUT2D eigenvalue weighted by atomic mass is 10.1. The highest BCUT2D eigenvalue weighted by Crippen LogP contribution is 2.54. The van der Waals surface area contributed by atoms with Crippen LogP contribution in [0.3, 0.4) is 0 Å². The van der Waals surface area contributed by atoms with Crippen molar-refractivity contribution in [3.63, 3.8) is 0 Å². The number of unbranched alkanes of at least 4 members (excludes halogenated alkanes) is 3. The predicted octanol–water partition coefficient (Wildman–Crippen LogP) is 15.8. The Labute approximate surface area is 293 Å². The summed E-state index contributed by atoms with van der Waals surface area (Å²) in [6.45, 7) is 6.86. The fourth-order valence-corrected chi connectivity index (χ4v) is 14.8. The average molecular weight is 717 g/mol. The molecule has 0 radical (unpaired) electrons. The fraction of sp³-hybridized carbons (Fsp3) is 0.316. The molecular weight excluding hydrogens is 681 g/mol. The van der Waals surface area contributed by atoms with E-state index in [9.17, 15) is 0 Å². The largest absolute Gasteiger partial charge is 0.139 e. The molecule has 0 bridgehead atoms. The highest BCUT2D eigenvalue weighted by atomic mass is 32.1. The predicted molar refractivity (Wildman–Crippen MR) is 214 cm³/mol. The zero-order valence-electron chi connectivity index (χ0n) is 25.9. The van der Waals surface area contributed by atoms with Gasteiger partial charge in [-0.3, -0.25) is 0 Å². The maximum absolute atomic E-state index is 2.53. The summed E-state index contributed by atoms with van der Waals surface area (Å²) in [5.74, 6) is 0. The molecule has 8 aromatic rings. The summed E-state index contributed by atoms with van der Waals surface area (Å²) in [5, 5.41) is 4.40. The third-order valence-corrected chi connectivity index (χ3v) is 17.5. The molecule has 45 heavy (non-hydrogen) atoms. The van der Waals surface area contributed by atoms with E-state index in [4.69, 9.17) is 0 Å². The Morgan fingerprint density at radius 1 is 0.400 bits per heavy atom. The topological polar surface area (TPSA) is 0 Å². The minimum atomic E-state index is 1.20. The number of rotatable bonds is 12. The van der Waals surface area contributed by atoms with Crippen LogP contribution in [-0.4, -0.2) is 0 Å². The molecule has 0 aliphatic carbocycles. The van der Waals surface area contributed by atoms with Crippen molar-refractivity contribution in [3.05, 3.63) is 69.2 Å². The minimum Gasteiger partial charge on any atom is -0.139 e. The van der Waals surface area contributed by atoms with Gasteiger partial charge < -0.3 is 0 Å². The molecule has 0 aliphatic heterocycles. The molecule has 7 heterocycles. The van der Waals surface area contributed by atoms with Crippen LogP contribution in [0.15, 0.2) is 54.6 Å². The average Bonchev–Trinajstić information content (AvgIpc) is 3.87. The summed E-state index contributed by atoms with van der Waals surface area (Å²) in [4.78, 5) is 13.1. The quantitative estimate of drug-likeness (QED) is 0.118. The molecule has 0 amide bonds. The SMILES string of the molecule is CCCCc1ccc(-c2cc3c(s2)c2sc(-c4ccc(CCCC)s4)cc2c2c4sc(-c5ccc(CCCC)s5)cc4sc32)s1. The van der Waals surface area contributed by atoms with Crippen molar-refractivity contribution in [3.8, 4) is 29.3 Å². The lowest BCUT2D eigenvalue weighted by Crippen LogP contribution is -1.76. The van der Waals surface area contributed by atoms with Gasteiger partial charge in [0.25, 0.3) is 0 Å². The molecule has 0 spiro atoms. The molecule has 0 N–H and O–H groups in total. The summed E-state index contributed by atoms with van der Waals surface area (Å²) in [6, 6.07) is 21.7. The van der Waals surface area contributed by atoms with Crippen LogP contribution in [0.4, 0.5) is 0 Å². The second kappa shape index (κ2) is 13.0. The van der Waals surface area contributed by atoms with E-state index in [1.54, 1.807) is 0 Å². The second-order valence-corrected chi connectivity index (χ2v) is 19.6. The number of fused-ring (bicyclic) bond motifs is 8. The van der Waals surface area contributed by atoms with Crippen molar-refractivity contribution >= 4 is 119 Å². The molecule has 0 saturated carbocycles. The normalized spacial score (nSPS) is 12.2. The van der Waals surface area contributed by atoms with Gasteiger partial charge in [-0.1, -0.05) is 40.0 Å². The van der Waals surface area contributed by atoms with Crippen molar-refractivity contribution in [2.75, 3.05) is 0 Å². The summed E-state index contributed by atoms with van der Waals surface area (Å²) in [5.41, 5.74) is 0. The summed E-state index contributed by atoms with van der Waals surface area (Å²) in [6.07, 6.45) is 11.2. The van der Waals surface area contributed by atoms with E-state index in [1.807, 2.05) is 79.4 Å². The molecule has 0 atom stereocenters. The first-order valence-corrected chi connectivity index (χ1v) is 22.0. The Morgan fingerprint density at radius 3 is 1.36 bits per heavy atom. The molecule has 7 heteroatoms. The van der Waals surface area contributed by atoms with Crippen molar-refractivity contribution in [2.24, 2.45) is 0 Å². The maximum Gasteiger partial charge on any atom is 0.0543 e. The zero-order valence-corrected chi connectivity index (χ0v) is 31.6. The van der Waals surface area contributed by atoms with Crippen LogP contribution >= 0.6 is 79.4 Å². The Kier molecular flexibility index (Phi) is 8.80. The highest BCUT2D eigenvalue weighted by molar-refractivity contribution is 7.37. The Bertz CT molecular complexity index is 2250. The van der Waals surface area contributed by atoms with Crippen molar-refractivity contribution < 1.29 is 0 Å². The molecule has 0 unspecified atom stereocenters. The van der Waals surface area contributed by atoms with Gasteiger partial charge in [-0.15, -0.1) is 79.4 Å². The minimum absolute atomic E-state index is 1.20. The maximum atomic E-state index is 2.53. The van der Waals surface area contributed by atoms with Crippen LogP contribution in [0.2, 0.25) is 0 Å². The number of benzene rings is 1. The number of thiophene rings is 7. The third-order valence-electron chi connectivity index (χ3n) is 8.59. The van der Waals surface area contributed by atoms with Crippen LogP contribution in [0.1, 0.15) is 73.9 Å². The second-order valence-electron chi connectivity index (χ2n) is 11.9. The Morgan fingerprint density at radius 2 is 0.844 bits per heavy atom. The van der Waals surface area contributed by atoms with Crippen molar-refractivity contribution in [2.45, 2.75) is 78.6 Å². The van der Waals surface area contributed by atoms with Gasteiger partial charge in [0.2, 0.25) is 0 Å².